The topological polar surface area (TPSA) is 13.0 Å². The Morgan fingerprint density at radius 1 is 0.500 bits per heavy atom. The van der Waals surface area contributed by atoms with E-state index in [1.54, 1.807) is 0 Å². The number of rotatable bonds is 0. The average molecular weight is 362 g/mol. The van der Waals surface area contributed by atoms with E-state index in [4.69, 9.17) is 30.1 Å². The molecule has 2 heterocycles. The van der Waals surface area contributed by atoms with Gasteiger partial charge in [-0.3, -0.25) is 0 Å². The van der Waals surface area contributed by atoms with E-state index >= 15 is 0 Å². The van der Waals surface area contributed by atoms with E-state index in [9.17, 15) is 0 Å². The Bertz CT molecular complexity index is 178. The molecule has 0 radical (unpaired) electrons. The molecule has 2 fully saturated rings. The normalized spacial score (nSPS) is 22.4. The van der Waals surface area contributed by atoms with Crippen molar-refractivity contribution >= 4 is 41.5 Å². The van der Waals surface area contributed by atoms with Crippen LogP contribution in [0.4, 0.5) is 0 Å². The van der Waals surface area contributed by atoms with Crippen LogP contribution < -0.4 is 0 Å². The summed E-state index contributed by atoms with van der Waals surface area (Å²) in [6.07, 6.45) is 0. The van der Waals surface area contributed by atoms with Gasteiger partial charge in [-0.05, 0) is 28.2 Å². The molecule has 120 valence electrons. The van der Waals surface area contributed by atoms with Gasteiger partial charge in [0.05, 0.1) is 0 Å². The van der Waals surface area contributed by atoms with Gasteiger partial charge in [-0.2, -0.15) is 0 Å². The monoisotopic (exact) mass is 360 g/mol. The van der Waals surface area contributed by atoms with Crippen molar-refractivity contribution in [2.75, 3.05) is 80.5 Å². The third kappa shape index (κ3) is 14.2. The largest absolute Gasteiger partial charge is 0.643 e. The molecule has 0 aliphatic carbocycles. The molecule has 0 aromatic carbocycles. The van der Waals surface area contributed by atoms with Crippen LogP contribution in [0.1, 0.15) is 0 Å². The Morgan fingerprint density at radius 2 is 0.600 bits per heavy atom. The van der Waals surface area contributed by atoms with E-state index in [2.05, 4.69) is 47.8 Å². The number of piperazine rings is 2. The quantitative estimate of drug-likeness (QED) is 0.605. The second kappa shape index (κ2) is 12.8. The molecule has 0 N–H and O–H groups in total. The summed E-state index contributed by atoms with van der Waals surface area (Å²) in [6, 6.07) is 0. The first kappa shape index (κ1) is 21.2. The summed E-state index contributed by atoms with van der Waals surface area (Å²) >= 11 is -1.72. The fourth-order valence-corrected chi connectivity index (χ4v) is 1.81. The summed E-state index contributed by atoms with van der Waals surface area (Å²) < 4.78 is 0. The van der Waals surface area contributed by atoms with Gasteiger partial charge in [0.2, 0.25) is 0 Å². The van der Waals surface area contributed by atoms with Crippen LogP contribution in [0.3, 0.4) is 0 Å². The maximum absolute atomic E-state index is 4.94. The van der Waals surface area contributed by atoms with Crippen LogP contribution in [0.15, 0.2) is 0 Å². The summed E-state index contributed by atoms with van der Waals surface area (Å²) in [6.45, 7) is 9.86. The van der Waals surface area contributed by atoms with Gasteiger partial charge in [-0.15, -0.1) is 0 Å². The molecule has 4 nitrogen and oxygen atoms in total. The maximum atomic E-state index is 4.94. The van der Waals surface area contributed by atoms with Gasteiger partial charge in [-0.25, -0.2) is 30.1 Å². The van der Waals surface area contributed by atoms with Gasteiger partial charge in [0.1, 0.15) is 0 Å². The predicted octanol–water partition coefficient (Wildman–Crippen LogP) is 1.41. The zero-order valence-electron chi connectivity index (χ0n) is 13.2. The molecule has 0 aromatic heterocycles. The van der Waals surface area contributed by atoms with Crippen molar-refractivity contribution in [1.82, 2.24) is 19.6 Å². The zero-order valence-corrected chi connectivity index (χ0v) is 16.6. The molecule has 8 heteroatoms. The van der Waals surface area contributed by atoms with Crippen LogP contribution in [-0.4, -0.2) is 112 Å². The Labute approximate surface area is 141 Å². The van der Waals surface area contributed by atoms with Gasteiger partial charge < -0.3 is 19.6 Å². The fraction of sp³-hybridized carbons (Fsp3) is 1.00. The summed E-state index contributed by atoms with van der Waals surface area (Å²) in [4.78, 5) is 9.44. The highest BCUT2D eigenvalue weighted by Crippen LogP contribution is 1.97. The van der Waals surface area contributed by atoms with Gasteiger partial charge >= 0.3 is 11.4 Å². The zero-order chi connectivity index (χ0) is 15.5. The van der Waals surface area contributed by atoms with Gasteiger partial charge in [0.15, 0.2) is 0 Å². The number of likely N-dealkylation sites (N-methyl/N-ethyl adjacent to an activating group) is 4. The second-order valence-corrected chi connectivity index (χ2v) is 11.9. The molecule has 0 atom stereocenters. The molecular weight excluding hydrogens is 334 g/mol. The highest BCUT2D eigenvalue weighted by molar-refractivity contribution is 7.54. The molecule has 2 aliphatic heterocycles. The lowest BCUT2D eigenvalue weighted by Crippen LogP contribution is -2.42. The SMILES string of the molecule is CN1CCN(C)CC1.CN1CCN(C)CC1.[Cl][Al]([Cl])[Cl]. The molecule has 0 spiro atoms. The molecule has 0 unspecified atom stereocenters. The van der Waals surface area contributed by atoms with Gasteiger partial charge in [0.25, 0.3) is 0 Å². The molecule has 0 amide bonds. The lowest BCUT2D eigenvalue weighted by molar-refractivity contribution is 0.181. The number of hydrogen-bond acceptors (Lipinski definition) is 4. The van der Waals surface area contributed by atoms with E-state index in [-0.39, 0.29) is 0 Å². The number of halogens is 3. The first-order chi connectivity index (χ1) is 9.31. The summed E-state index contributed by atoms with van der Waals surface area (Å²) in [7, 11) is 23.5. The van der Waals surface area contributed by atoms with Crippen molar-refractivity contribution in [3.05, 3.63) is 0 Å². The molecule has 2 rings (SSSR count). The fourth-order valence-electron chi connectivity index (χ4n) is 1.81. The standard InChI is InChI=1S/2C6H14N2.Al.3ClH/c2*1-7-3-5-8(2)6-4-7;;;;/h2*3-6H2,1-2H3;;3*1H/q;;+3;;;/p-3. The Balaban J connectivity index is 0.000000289. The lowest BCUT2D eigenvalue weighted by atomic mass is 10.4. The molecular formula is C12H28AlCl3N4. The van der Waals surface area contributed by atoms with Crippen LogP contribution >= 0.6 is 30.1 Å². The van der Waals surface area contributed by atoms with E-state index in [1.165, 1.54) is 52.4 Å². The molecule has 0 bridgehead atoms. The van der Waals surface area contributed by atoms with E-state index in [0.29, 0.717) is 0 Å². The van der Waals surface area contributed by atoms with Gasteiger partial charge in [0, 0.05) is 52.4 Å². The first-order valence-electron chi connectivity index (χ1n) is 6.97. The Morgan fingerprint density at radius 3 is 0.700 bits per heavy atom. The van der Waals surface area contributed by atoms with Crippen molar-refractivity contribution in [3.8, 4) is 0 Å². The van der Waals surface area contributed by atoms with Crippen LogP contribution in [0.25, 0.3) is 0 Å². The molecule has 2 saturated heterocycles. The van der Waals surface area contributed by atoms with E-state index in [1.807, 2.05) is 0 Å². The highest BCUT2D eigenvalue weighted by atomic mass is 35.8. The highest BCUT2D eigenvalue weighted by Gasteiger charge is 2.08. The average Bonchev–Trinajstić information content (AvgIpc) is 2.37. The smallest absolute Gasteiger partial charge is 0.304 e. The first-order valence-corrected chi connectivity index (χ1v) is 12.2. The Hall–Kier alpha value is 1.24. The summed E-state index contributed by atoms with van der Waals surface area (Å²) in [5, 5.41) is 0. The third-order valence-electron chi connectivity index (χ3n) is 3.45. The van der Waals surface area contributed by atoms with Crippen molar-refractivity contribution in [3.63, 3.8) is 0 Å². The third-order valence-corrected chi connectivity index (χ3v) is 3.45. The van der Waals surface area contributed by atoms with Crippen LogP contribution in [-0.2, 0) is 0 Å². The molecule has 0 aromatic rings. The summed E-state index contributed by atoms with van der Waals surface area (Å²) in [5.41, 5.74) is 0. The van der Waals surface area contributed by atoms with Crippen LogP contribution in [0.5, 0.6) is 0 Å². The van der Waals surface area contributed by atoms with Crippen molar-refractivity contribution in [1.29, 1.82) is 0 Å². The van der Waals surface area contributed by atoms with Crippen molar-refractivity contribution in [2.24, 2.45) is 0 Å². The molecule has 0 saturated carbocycles. The van der Waals surface area contributed by atoms with Crippen LogP contribution in [0.2, 0.25) is 0 Å². The predicted molar refractivity (Wildman–Crippen MR) is 93.3 cm³/mol. The minimum absolute atomic E-state index is 1.23. The lowest BCUT2D eigenvalue weighted by Gasteiger charge is -2.28. The van der Waals surface area contributed by atoms with E-state index < -0.39 is 11.4 Å². The minimum Gasteiger partial charge on any atom is -0.304 e. The van der Waals surface area contributed by atoms with E-state index in [0.717, 1.165) is 0 Å². The molecule has 2 aliphatic rings. The van der Waals surface area contributed by atoms with Gasteiger partial charge in [-0.1, -0.05) is 0 Å². The second-order valence-electron chi connectivity index (χ2n) is 5.46. The molecule has 20 heavy (non-hydrogen) atoms. The van der Waals surface area contributed by atoms with Crippen LogP contribution in [0, 0.1) is 0 Å². The summed E-state index contributed by atoms with van der Waals surface area (Å²) in [5.74, 6) is 0. The number of hydrogen-bond donors (Lipinski definition) is 0. The van der Waals surface area contributed by atoms with Crippen molar-refractivity contribution < 1.29 is 0 Å². The minimum atomic E-state index is -1.72. The number of nitrogens with zero attached hydrogens (tertiary/aromatic N) is 4. The maximum Gasteiger partial charge on any atom is 0.643 e. The van der Waals surface area contributed by atoms with Crippen molar-refractivity contribution in [2.45, 2.75) is 0 Å². The Kier molecular flexibility index (Phi) is 13.5.